The van der Waals surface area contributed by atoms with Crippen molar-refractivity contribution in [3.63, 3.8) is 0 Å². The summed E-state index contributed by atoms with van der Waals surface area (Å²) in [6.07, 6.45) is 7.67. The smallest absolute Gasteiger partial charge is 0.226 e. The molecule has 3 nitrogen and oxygen atoms in total. The molecule has 1 amide bonds. The van der Waals surface area contributed by atoms with E-state index in [0.29, 0.717) is 11.9 Å². The lowest BCUT2D eigenvalue weighted by atomic mass is 9.97. The maximum Gasteiger partial charge on any atom is 0.226 e. The third-order valence-corrected chi connectivity index (χ3v) is 5.10. The summed E-state index contributed by atoms with van der Waals surface area (Å²) in [6.45, 7) is 2.35. The van der Waals surface area contributed by atoms with Gasteiger partial charge in [0.2, 0.25) is 5.91 Å². The van der Waals surface area contributed by atoms with Gasteiger partial charge >= 0.3 is 0 Å². The van der Waals surface area contributed by atoms with E-state index in [0.717, 1.165) is 39.0 Å². The average molecular weight is 301 g/mol. The van der Waals surface area contributed by atoms with Crippen LogP contribution >= 0.6 is 0 Å². The fraction of sp³-hybridized carbons (Fsp3) is 0.632. The second kappa shape index (κ2) is 7.77. The molecular formula is C19H27NO2. The quantitative estimate of drug-likeness (QED) is 0.834. The molecule has 120 valence electrons. The molecule has 1 aliphatic heterocycles. The van der Waals surface area contributed by atoms with Crippen molar-refractivity contribution in [2.45, 2.75) is 51.0 Å². The summed E-state index contributed by atoms with van der Waals surface area (Å²) in [7, 11) is 0. The summed E-state index contributed by atoms with van der Waals surface area (Å²) in [5.74, 6) is 0.566. The van der Waals surface area contributed by atoms with Crippen LogP contribution in [0.5, 0.6) is 0 Å². The van der Waals surface area contributed by atoms with Crippen molar-refractivity contribution in [1.82, 2.24) is 4.90 Å². The number of ether oxygens (including phenoxy) is 1. The van der Waals surface area contributed by atoms with Crippen LogP contribution in [0.1, 0.15) is 44.1 Å². The van der Waals surface area contributed by atoms with Gasteiger partial charge in [-0.05, 0) is 37.7 Å². The molecule has 0 atom stereocenters. The molecule has 1 aliphatic carbocycles. The number of nitrogens with zero attached hydrogens (tertiary/aromatic N) is 1. The molecule has 0 radical (unpaired) electrons. The van der Waals surface area contributed by atoms with Gasteiger partial charge in [-0.2, -0.15) is 0 Å². The number of amides is 1. The molecule has 22 heavy (non-hydrogen) atoms. The van der Waals surface area contributed by atoms with Crippen molar-refractivity contribution >= 4 is 5.91 Å². The van der Waals surface area contributed by atoms with Crippen molar-refractivity contribution in [3.8, 4) is 0 Å². The maximum absolute atomic E-state index is 13.0. The van der Waals surface area contributed by atoms with Crippen LogP contribution in [0, 0.1) is 5.92 Å². The maximum atomic E-state index is 13.0. The Morgan fingerprint density at radius 3 is 2.41 bits per heavy atom. The van der Waals surface area contributed by atoms with Gasteiger partial charge in [0.25, 0.3) is 0 Å². The summed E-state index contributed by atoms with van der Waals surface area (Å²) in [4.78, 5) is 15.2. The first-order valence-corrected chi connectivity index (χ1v) is 8.77. The molecule has 0 spiro atoms. The van der Waals surface area contributed by atoms with E-state index >= 15 is 0 Å². The van der Waals surface area contributed by atoms with Crippen molar-refractivity contribution in [2.24, 2.45) is 5.92 Å². The third-order valence-electron chi connectivity index (χ3n) is 5.10. The van der Waals surface area contributed by atoms with E-state index in [-0.39, 0.29) is 5.92 Å². The molecule has 1 saturated carbocycles. The molecule has 2 fully saturated rings. The number of benzene rings is 1. The van der Waals surface area contributed by atoms with Gasteiger partial charge in [0, 0.05) is 31.7 Å². The summed E-state index contributed by atoms with van der Waals surface area (Å²) in [6, 6.07) is 11.0. The number of hydrogen-bond acceptors (Lipinski definition) is 2. The number of carbonyl (C=O) groups excluding carboxylic acids is 1. The van der Waals surface area contributed by atoms with E-state index < -0.39 is 0 Å². The molecule has 0 N–H and O–H groups in total. The van der Waals surface area contributed by atoms with Gasteiger partial charge in [0.1, 0.15) is 0 Å². The lowest BCUT2D eigenvalue weighted by Gasteiger charge is -2.34. The van der Waals surface area contributed by atoms with Gasteiger partial charge in [-0.1, -0.05) is 43.2 Å². The monoisotopic (exact) mass is 301 g/mol. The van der Waals surface area contributed by atoms with Crippen molar-refractivity contribution in [1.29, 1.82) is 0 Å². The SMILES string of the molecule is O=C(C1CCOCC1)N(CCc1ccccc1)C1CCCC1. The van der Waals surface area contributed by atoms with E-state index in [1.165, 1.54) is 31.2 Å². The van der Waals surface area contributed by atoms with Gasteiger partial charge in [0.05, 0.1) is 0 Å². The van der Waals surface area contributed by atoms with Crippen LogP contribution in [-0.4, -0.2) is 36.6 Å². The molecule has 1 heterocycles. The summed E-state index contributed by atoms with van der Waals surface area (Å²) >= 11 is 0. The highest BCUT2D eigenvalue weighted by atomic mass is 16.5. The van der Waals surface area contributed by atoms with E-state index in [1.807, 2.05) is 6.07 Å². The second-order valence-electron chi connectivity index (χ2n) is 6.59. The fourth-order valence-electron chi connectivity index (χ4n) is 3.76. The Labute approximate surface area is 133 Å². The highest BCUT2D eigenvalue weighted by Gasteiger charge is 2.31. The Bertz CT molecular complexity index is 462. The van der Waals surface area contributed by atoms with E-state index in [2.05, 4.69) is 29.2 Å². The van der Waals surface area contributed by atoms with Gasteiger partial charge in [-0.25, -0.2) is 0 Å². The number of rotatable bonds is 5. The first-order valence-electron chi connectivity index (χ1n) is 8.77. The fourth-order valence-corrected chi connectivity index (χ4v) is 3.76. The Morgan fingerprint density at radius 2 is 1.73 bits per heavy atom. The first-order chi connectivity index (χ1) is 10.8. The first kappa shape index (κ1) is 15.5. The van der Waals surface area contributed by atoms with E-state index in [4.69, 9.17) is 4.74 Å². The van der Waals surface area contributed by atoms with Crippen LogP contribution in [0.4, 0.5) is 0 Å². The highest BCUT2D eigenvalue weighted by Crippen LogP contribution is 2.27. The summed E-state index contributed by atoms with van der Waals surface area (Å²) < 4.78 is 5.41. The van der Waals surface area contributed by atoms with Crippen LogP contribution in [-0.2, 0) is 16.0 Å². The molecular weight excluding hydrogens is 274 g/mol. The van der Waals surface area contributed by atoms with E-state index in [1.54, 1.807) is 0 Å². The standard InChI is InChI=1S/C19H27NO2/c21-19(17-11-14-22-15-12-17)20(18-8-4-5-9-18)13-10-16-6-2-1-3-7-16/h1-3,6-7,17-18H,4-5,8-15H2. The second-order valence-corrected chi connectivity index (χ2v) is 6.59. The predicted octanol–water partition coefficient (Wildman–Crippen LogP) is 3.43. The minimum Gasteiger partial charge on any atom is -0.381 e. The van der Waals surface area contributed by atoms with Crippen LogP contribution in [0.25, 0.3) is 0 Å². The Kier molecular flexibility index (Phi) is 5.49. The van der Waals surface area contributed by atoms with Crippen LogP contribution in [0.15, 0.2) is 30.3 Å². The van der Waals surface area contributed by atoms with Gasteiger partial charge in [-0.15, -0.1) is 0 Å². The summed E-state index contributed by atoms with van der Waals surface area (Å²) in [5.41, 5.74) is 1.32. The summed E-state index contributed by atoms with van der Waals surface area (Å²) in [5, 5.41) is 0. The lowest BCUT2D eigenvalue weighted by molar-refractivity contribution is -0.140. The topological polar surface area (TPSA) is 29.5 Å². The minimum atomic E-state index is 0.185. The molecule has 1 aromatic rings. The van der Waals surface area contributed by atoms with Gasteiger partial charge < -0.3 is 9.64 Å². The number of hydrogen-bond donors (Lipinski definition) is 0. The molecule has 3 heteroatoms. The Morgan fingerprint density at radius 1 is 1.05 bits per heavy atom. The van der Waals surface area contributed by atoms with Crippen molar-refractivity contribution in [3.05, 3.63) is 35.9 Å². The van der Waals surface area contributed by atoms with Crippen LogP contribution < -0.4 is 0 Å². The molecule has 2 aliphatic rings. The largest absolute Gasteiger partial charge is 0.381 e. The molecule has 0 bridgehead atoms. The Hall–Kier alpha value is -1.35. The highest BCUT2D eigenvalue weighted by molar-refractivity contribution is 5.79. The Balaban J connectivity index is 1.64. The zero-order valence-corrected chi connectivity index (χ0v) is 13.4. The molecule has 0 unspecified atom stereocenters. The van der Waals surface area contributed by atoms with Gasteiger partial charge in [-0.3, -0.25) is 4.79 Å². The number of carbonyl (C=O) groups is 1. The van der Waals surface area contributed by atoms with Crippen LogP contribution in [0.3, 0.4) is 0 Å². The van der Waals surface area contributed by atoms with Crippen molar-refractivity contribution in [2.75, 3.05) is 19.8 Å². The third kappa shape index (κ3) is 3.89. The molecule has 0 aromatic heterocycles. The normalized spacial score (nSPS) is 20.2. The van der Waals surface area contributed by atoms with E-state index in [9.17, 15) is 4.79 Å². The lowest BCUT2D eigenvalue weighted by Crippen LogP contribution is -2.44. The van der Waals surface area contributed by atoms with Crippen LogP contribution in [0.2, 0.25) is 0 Å². The molecule has 1 aromatic carbocycles. The minimum absolute atomic E-state index is 0.185. The zero-order chi connectivity index (χ0) is 15.2. The zero-order valence-electron chi connectivity index (χ0n) is 13.4. The molecule has 1 saturated heterocycles. The molecule has 3 rings (SSSR count). The van der Waals surface area contributed by atoms with Crippen molar-refractivity contribution < 1.29 is 9.53 Å². The van der Waals surface area contributed by atoms with Gasteiger partial charge in [0.15, 0.2) is 0 Å². The predicted molar refractivity (Wildman–Crippen MR) is 87.7 cm³/mol. The average Bonchev–Trinajstić information content (AvgIpc) is 3.11.